The van der Waals surface area contributed by atoms with E-state index in [2.05, 4.69) is 0 Å². The Bertz CT molecular complexity index is 592. The molecule has 2 nitrogen and oxygen atoms in total. The maximum atomic E-state index is 13.0. The zero-order valence-corrected chi connectivity index (χ0v) is 11.9. The molecular formula is C14H13ClFNOS. The Labute approximate surface area is 120 Å². The minimum absolute atomic E-state index is 0.331. The normalized spacial score (nSPS) is 10.5. The van der Waals surface area contributed by atoms with Crippen molar-refractivity contribution in [2.45, 2.75) is 10.6 Å². The fraction of sp³-hybridized carbons (Fsp3) is 0.143. The monoisotopic (exact) mass is 297 g/mol. The van der Waals surface area contributed by atoms with Gasteiger partial charge in [0, 0.05) is 26.9 Å². The molecule has 0 radical (unpaired) electrons. The summed E-state index contributed by atoms with van der Waals surface area (Å²) in [5.74, 6) is 1.10. The Kier molecular flexibility index (Phi) is 4.56. The van der Waals surface area contributed by atoms with Crippen molar-refractivity contribution in [3.8, 4) is 5.75 Å². The lowest BCUT2D eigenvalue weighted by Gasteiger charge is -2.10. The molecule has 2 N–H and O–H groups in total. The lowest BCUT2D eigenvalue weighted by atomic mass is 10.2. The molecule has 0 aliphatic rings. The Hall–Kier alpha value is -1.39. The van der Waals surface area contributed by atoms with E-state index in [4.69, 9.17) is 22.1 Å². The molecule has 2 aromatic rings. The van der Waals surface area contributed by atoms with Crippen LogP contribution in [0.15, 0.2) is 41.3 Å². The van der Waals surface area contributed by atoms with Crippen LogP contribution < -0.4 is 10.5 Å². The third-order valence-electron chi connectivity index (χ3n) is 2.60. The van der Waals surface area contributed by atoms with Crippen LogP contribution in [0.3, 0.4) is 0 Å². The van der Waals surface area contributed by atoms with Crippen molar-refractivity contribution < 1.29 is 9.13 Å². The summed E-state index contributed by atoms with van der Waals surface area (Å²) in [5.41, 5.74) is 7.18. The average molecular weight is 298 g/mol. The van der Waals surface area contributed by atoms with Gasteiger partial charge in [0.2, 0.25) is 0 Å². The van der Waals surface area contributed by atoms with E-state index < -0.39 is 0 Å². The molecule has 0 saturated carbocycles. The number of methoxy groups -OCH3 is 1. The van der Waals surface area contributed by atoms with E-state index in [1.54, 1.807) is 19.2 Å². The number of anilines is 1. The predicted octanol–water partition coefficient (Wildman–Crippen LogP) is 4.36. The number of benzene rings is 2. The number of hydrogen-bond acceptors (Lipinski definition) is 3. The van der Waals surface area contributed by atoms with Gasteiger partial charge >= 0.3 is 0 Å². The van der Waals surface area contributed by atoms with E-state index in [9.17, 15) is 4.39 Å². The standard InChI is InChI=1S/C14H13ClFNOS/c1-18-13-4-2-10(15)6-9(13)8-19-14-5-3-11(16)7-12(14)17/h2-7H,8,17H2,1H3. The van der Waals surface area contributed by atoms with Crippen LogP contribution in [-0.2, 0) is 5.75 Å². The number of rotatable bonds is 4. The van der Waals surface area contributed by atoms with E-state index >= 15 is 0 Å². The largest absolute Gasteiger partial charge is 0.496 e. The molecule has 2 rings (SSSR count). The number of thioether (sulfide) groups is 1. The second-order valence-electron chi connectivity index (χ2n) is 3.93. The SMILES string of the molecule is COc1ccc(Cl)cc1CSc1ccc(F)cc1N. The van der Waals surface area contributed by atoms with Crippen LogP contribution in [0.25, 0.3) is 0 Å². The summed E-state index contributed by atoms with van der Waals surface area (Å²) in [6, 6.07) is 9.85. The van der Waals surface area contributed by atoms with Gasteiger partial charge in [-0.05, 0) is 36.4 Å². The van der Waals surface area contributed by atoms with E-state index in [0.717, 1.165) is 16.2 Å². The average Bonchev–Trinajstić information content (AvgIpc) is 2.38. The quantitative estimate of drug-likeness (QED) is 0.672. The first kappa shape index (κ1) is 14.0. The molecule has 0 bridgehead atoms. The number of halogens is 2. The van der Waals surface area contributed by atoms with Gasteiger partial charge in [-0.3, -0.25) is 0 Å². The highest BCUT2D eigenvalue weighted by Crippen LogP contribution is 2.32. The highest BCUT2D eigenvalue weighted by atomic mass is 35.5. The number of nitrogens with two attached hydrogens (primary N) is 1. The summed E-state index contributed by atoms with van der Waals surface area (Å²) in [5, 5.41) is 0.656. The molecule has 2 aromatic carbocycles. The van der Waals surface area contributed by atoms with Gasteiger partial charge in [-0.1, -0.05) is 11.6 Å². The lowest BCUT2D eigenvalue weighted by Crippen LogP contribution is -1.93. The topological polar surface area (TPSA) is 35.2 Å². The van der Waals surface area contributed by atoms with Crippen LogP contribution in [0.2, 0.25) is 5.02 Å². The van der Waals surface area contributed by atoms with Crippen molar-refractivity contribution in [1.29, 1.82) is 0 Å². The summed E-state index contributed by atoms with van der Waals surface area (Å²) in [7, 11) is 1.61. The second-order valence-corrected chi connectivity index (χ2v) is 5.38. The summed E-state index contributed by atoms with van der Waals surface area (Å²) >= 11 is 7.49. The molecule has 0 aliphatic heterocycles. The lowest BCUT2D eigenvalue weighted by molar-refractivity contribution is 0.411. The molecule has 0 atom stereocenters. The first-order valence-corrected chi connectivity index (χ1v) is 6.96. The van der Waals surface area contributed by atoms with Gasteiger partial charge in [-0.2, -0.15) is 0 Å². The Morgan fingerprint density at radius 2 is 2.05 bits per heavy atom. The summed E-state index contributed by atoms with van der Waals surface area (Å²) in [4.78, 5) is 0.837. The van der Waals surface area contributed by atoms with Crippen LogP contribution in [0.5, 0.6) is 5.75 Å². The van der Waals surface area contributed by atoms with Crippen molar-refractivity contribution in [3.63, 3.8) is 0 Å². The van der Waals surface area contributed by atoms with Crippen LogP contribution in [0.1, 0.15) is 5.56 Å². The Balaban J connectivity index is 2.16. The van der Waals surface area contributed by atoms with Gasteiger partial charge in [0.1, 0.15) is 11.6 Å². The summed E-state index contributed by atoms with van der Waals surface area (Å²) < 4.78 is 18.2. The van der Waals surface area contributed by atoms with Crippen LogP contribution in [-0.4, -0.2) is 7.11 Å². The van der Waals surface area contributed by atoms with E-state index in [0.29, 0.717) is 16.5 Å². The van der Waals surface area contributed by atoms with Crippen molar-refractivity contribution in [3.05, 3.63) is 52.8 Å². The molecule has 0 aliphatic carbocycles. The Morgan fingerprint density at radius 1 is 1.26 bits per heavy atom. The van der Waals surface area contributed by atoms with Crippen molar-refractivity contribution >= 4 is 29.1 Å². The summed E-state index contributed by atoms with van der Waals surface area (Å²) in [6.45, 7) is 0. The minimum atomic E-state index is -0.331. The van der Waals surface area contributed by atoms with E-state index in [1.807, 2.05) is 12.1 Å². The molecule has 0 amide bonds. The van der Waals surface area contributed by atoms with Gasteiger partial charge < -0.3 is 10.5 Å². The fourth-order valence-corrected chi connectivity index (χ4v) is 2.79. The van der Waals surface area contributed by atoms with Crippen LogP contribution >= 0.6 is 23.4 Å². The number of nitrogen functional groups attached to an aromatic ring is 1. The van der Waals surface area contributed by atoms with Crippen molar-refractivity contribution in [2.24, 2.45) is 0 Å². The predicted molar refractivity (Wildman–Crippen MR) is 78.4 cm³/mol. The maximum absolute atomic E-state index is 13.0. The van der Waals surface area contributed by atoms with Gasteiger partial charge in [-0.25, -0.2) is 4.39 Å². The van der Waals surface area contributed by atoms with Crippen molar-refractivity contribution in [2.75, 3.05) is 12.8 Å². The third-order valence-corrected chi connectivity index (χ3v) is 3.97. The van der Waals surface area contributed by atoms with Crippen LogP contribution in [0, 0.1) is 5.82 Å². The highest BCUT2D eigenvalue weighted by Gasteiger charge is 2.07. The van der Waals surface area contributed by atoms with Crippen molar-refractivity contribution in [1.82, 2.24) is 0 Å². The van der Waals surface area contributed by atoms with Gasteiger partial charge in [-0.15, -0.1) is 11.8 Å². The third kappa shape index (κ3) is 3.55. The maximum Gasteiger partial charge on any atom is 0.125 e. The first-order chi connectivity index (χ1) is 9.10. The molecule has 0 saturated heterocycles. The molecular weight excluding hydrogens is 285 g/mol. The molecule has 19 heavy (non-hydrogen) atoms. The highest BCUT2D eigenvalue weighted by molar-refractivity contribution is 7.98. The number of hydrogen-bond donors (Lipinski definition) is 1. The van der Waals surface area contributed by atoms with Crippen LogP contribution in [0.4, 0.5) is 10.1 Å². The van der Waals surface area contributed by atoms with E-state index in [-0.39, 0.29) is 5.82 Å². The molecule has 0 fully saturated rings. The summed E-state index contributed by atoms with van der Waals surface area (Å²) in [6.07, 6.45) is 0. The molecule has 100 valence electrons. The second kappa shape index (κ2) is 6.17. The smallest absolute Gasteiger partial charge is 0.125 e. The molecule has 5 heteroatoms. The van der Waals surface area contributed by atoms with Gasteiger partial charge in [0.05, 0.1) is 7.11 Å². The minimum Gasteiger partial charge on any atom is -0.496 e. The first-order valence-electron chi connectivity index (χ1n) is 5.60. The Morgan fingerprint density at radius 3 is 2.74 bits per heavy atom. The van der Waals surface area contributed by atoms with Gasteiger partial charge in [0.25, 0.3) is 0 Å². The molecule has 0 unspecified atom stereocenters. The zero-order valence-electron chi connectivity index (χ0n) is 10.3. The molecule has 0 aromatic heterocycles. The van der Waals surface area contributed by atoms with Gasteiger partial charge in [0.15, 0.2) is 0 Å². The van der Waals surface area contributed by atoms with E-state index in [1.165, 1.54) is 23.9 Å². The zero-order chi connectivity index (χ0) is 13.8. The number of ether oxygens (including phenoxy) is 1. The fourth-order valence-electron chi connectivity index (χ4n) is 1.67. The molecule has 0 spiro atoms. The molecule has 0 heterocycles.